The van der Waals surface area contributed by atoms with Crippen LogP contribution in [0.5, 0.6) is 0 Å². The van der Waals surface area contributed by atoms with Crippen LogP contribution in [0.1, 0.15) is 11.4 Å². The van der Waals surface area contributed by atoms with Crippen LogP contribution in [0.15, 0.2) is 77.7 Å². The number of hydrogen-bond donors (Lipinski definition) is 0. The monoisotopic (exact) mass is 649 g/mol. The quantitative estimate of drug-likeness (QED) is 0.146. The number of anilines is 1. The number of tetrazole rings is 1. The topological polar surface area (TPSA) is 117 Å². The Hall–Kier alpha value is -4.72. The molecule has 0 amide bonds. The second kappa shape index (κ2) is 13.2. The minimum atomic E-state index is -1.23. The van der Waals surface area contributed by atoms with Gasteiger partial charge in [-0.15, -0.1) is 0 Å². The number of benzene rings is 2. The second-order valence-electron chi connectivity index (χ2n) is 13.0. The highest BCUT2D eigenvalue weighted by molar-refractivity contribution is 6.76. The van der Waals surface area contributed by atoms with Crippen LogP contribution in [0.3, 0.4) is 0 Å². The first-order chi connectivity index (χ1) is 22.8. The summed E-state index contributed by atoms with van der Waals surface area (Å²) in [5.41, 5.74) is 6.88. The van der Waals surface area contributed by atoms with E-state index < -0.39 is 8.07 Å². The van der Waals surface area contributed by atoms with Crippen molar-refractivity contribution in [3.8, 4) is 16.9 Å². The third-order valence-electron chi connectivity index (χ3n) is 8.43. The molecule has 2 aromatic carbocycles. The lowest BCUT2D eigenvalue weighted by molar-refractivity contribution is 0.0748. The molecule has 1 saturated heterocycles. The summed E-state index contributed by atoms with van der Waals surface area (Å²) in [5.74, 6) is 0. The molecule has 0 radical (unpaired) electrons. The van der Waals surface area contributed by atoms with Crippen LogP contribution in [0, 0.1) is 0 Å². The van der Waals surface area contributed by atoms with Gasteiger partial charge in [-0.25, -0.2) is 14.3 Å². The Morgan fingerprint density at radius 1 is 0.894 bits per heavy atom. The van der Waals surface area contributed by atoms with Crippen LogP contribution in [0.4, 0.5) is 5.69 Å². The van der Waals surface area contributed by atoms with Gasteiger partial charge in [-0.2, -0.15) is 14.5 Å². The average molecular weight is 650 g/mol. The molecule has 242 valence electrons. The third kappa shape index (κ3) is 6.73. The van der Waals surface area contributed by atoms with Crippen molar-refractivity contribution < 1.29 is 9.47 Å². The molecule has 47 heavy (non-hydrogen) atoms. The van der Waals surface area contributed by atoms with Crippen LogP contribution in [-0.2, 0) is 29.0 Å². The molecule has 5 heterocycles. The van der Waals surface area contributed by atoms with Crippen LogP contribution in [0.2, 0.25) is 25.7 Å². The molecule has 0 spiro atoms. The van der Waals surface area contributed by atoms with Gasteiger partial charge in [-0.05, 0) is 59.6 Å². The first-order valence-corrected chi connectivity index (χ1v) is 19.8. The average Bonchev–Trinajstić information content (AvgIpc) is 3.65. The van der Waals surface area contributed by atoms with Gasteiger partial charge in [-0.1, -0.05) is 56.0 Å². The van der Waals surface area contributed by atoms with Crippen molar-refractivity contribution in [2.45, 2.75) is 45.3 Å². The van der Waals surface area contributed by atoms with Gasteiger partial charge >= 0.3 is 5.69 Å². The predicted octanol–water partition coefficient (Wildman–Crippen LogP) is 4.62. The van der Waals surface area contributed by atoms with E-state index in [-0.39, 0.29) is 12.4 Å². The maximum absolute atomic E-state index is 13.1. The SMILES string of the molecule is C[Si](C)(C)CCOCn1nnn(-c2ccc(-c3c(CCc4ccc5ccccc5n4)nc4c(N5CCOCC5)ccnn34)cc2)c1=O. The number of pyridine rings is 1. The van der Waals surface area contributed by atoms with Gasteiger partial charge in [-0.3, -0.25) is 4.98 Å². The maximum atomic E-state index is 13.1. The van der Waals surface area contributed by atoms with Gasteiger partial charge in [0.15, 0.2) is 5.65 Å². The molecule has 1 aliphatic heterocycles. The van der Waals surface area contributed by atoms with Gasteiger partial charge in [0.05, 0.1) is 47.7 Å². The summed E-state index contributed by atoms with van der Waals surface area (Å²) in [7, 11) is -1.23. The summed E-state index contributed by atoms with van der Waals surface area (Å²) >= 11 is 0. The highest BCUT2D eigenvalue weighted by atomic mass is 28.3. The molecule has 0 N–H and O–H groups in total. The Balaban J connectivity index is 1.19. The number of aryl methyl sites for hydroxylation is 2. The lowest BCUT2D eigenvalue weighted by Crippen LogP contribution is -2.36. The molecule has 6 aromatic rings. The van der Waals surface area contributed by atoms with Crippen molar-refractivity contribution in [2.75, 3.05) is 37.8 Å². The van der Waals surface area contributed by atoms with Crippen molar-refractivity contribution in [3.05, 3.63) is 94.8 Å². The van der Waals surface area contributed by atoms with E-state index >= 15 is 0 Å². The molecule has 4 aromatic heterocycles. The summed E-state index contributed by atoms with van der Waals surface area (Å²) < 4.78 is 15.8. The molecular weight excluding hydrogens is 611 g/mol. The van der Waals surface area contributed by atoms with Gasteiger partial charge in [0.2, 0.25) is 0 Å². The Morgan fingerprint density at radius 3 is 2.51 bits per heavy atom. The van der Waals surface area contributed by atoms with Crippen molar-refractivity contribution >= 4 is 30.3 Å². The number of morpholine rings is 1. The molecule has 0 unspecified atom stereocenters. The highest BCUT2D eigenvalue weighted by Crippen LogP contribution is 2.31. The Kier molecular flexibility index (Phi) is 8.67. The molecule has 7 rings (SSSR count). The van der Waals surface area contributed by atoms with E-state index in [0.29, 0.717) is 31.9 Å². The zero-order valence-corrected chi connectivity index (χ0v) is 28.0. The third-order valence-corrected chi connectivity index (χ3v) is 10.1. The smallest absolute Gasteiger partial charge is 0.370 e. The van der Waals surface area contributed by atoms with E-state index in [4.69, 9.17) is 24.5 Å². The first kappa shape index (κ1) is 30.9. The standard InChI is InChI=1S/C34H39N9O3Si/c1-47(2,3)23-22-46-24-41-34(44)42(39-38-41)28-13-9-26(10-14-28)32-30(15-12-27-11-8-25-6-4-5-7-29(25)36-27)37-33-31(16-17-35-43(32)33)40-18-20-45-21-19-40/h4-11,13-14,16-17H,12,15,18-24H2,1-3H3. The molecular formula is C34H39N9O3Si. The number of ether oxygens (including phenoxy) is 2. The fraction of sp³-hybridized carbons (Fsp3) is 0.353. The molecule has 0 saturated carbocycles. The zero-order chi connectivity index (χ0) is 32.4. The molecule has 12 nitrogen and oxygen atoms in total. The van der Waals surface area contributed by atoms with E-state index in [1.807, 2.05) is 59.2 Å². The van der Waals surface area contributed by atoms with Crippen LogP contribution in [-0.4, -0.2) is 80.4 Å². The molecule has 1 fully saturated rings. The highest BCUT2D eigenvalue weighted by Gasteiger charge is 2.22. The first-order valence-electron chi connectivity index (χ1n) is 16.1. The van der Waals surface area contributed by atoms with E-state index in [2.05, 4.69) is 53.2 Å². The summed E-state index contributed by atoms with van der Waals surface area (Å²) in [6.45, 7) is 10.5. The van der Waals surface area contributed by atoms with E-state index in [1.165, 1.54) is 9.36 Å². The number of rotatable bonds is 11. The number of para-hydroxylation sites is 1. The molecule has 0 atom stereocenters. The molecule has 13 heteroatoms. The summed E-state index contributed by atoms with van der Waals surface area (Å²) in [6, 6.07) is 23.1. The number of aromatic nitrogens is 8. The summed E-state index contributed by atoms with van der Waals surface area (Å²) in [6.07, 6.45) is 3.24. The van der Waals surface area contributed by atoms with Crippen molar-refractivity contribution in [3.63, 3.8) is 0 Å². The largest absolute Gasteiger partial charge is 0.378 e. The fourth-order valence-electron chi connectivity index (χ4n) is 5.79. The van der Waals surface area contributed by atoms with Crippen molar-refractivity contribution in [1.82, 2.24) is 39.4 Å². The number of fused-ring (bicyclic) bond motifs is 2. The van der Waals surface area contributed by atoms with Crippen LogP contribution >= 0.6 is 0 Å². The van der Waals surface area contributed by atoms with Crippen LogP contribution < -0.4 is 10.6 Å². The fourth-order valence-corrected chi connectivity index (χ4v) is 6.55. The predicted molar refractivity (Wildman–Crippen MR) is 184 cm³/mol. The van der Waals surface area contributed by atoms with Crippen molar-refractivity contribution in [1.29, 1.82) is 0 Å². The van der Waals surface area contributed by atoms with E-state index in [1.54, 1.807) is 0 Å². The van der Waals surface area contributed by atoms with Gasteiger partial charge in [0.25, 0.3) is 0 Å². The van der Waals surface area contributed by atoms with Crippen LogP contribution in [0.25, 0.3) is 33.5 Å². The minimum Gasteiger partial charge on any atom is -0.378 e. The van der Waals surface area contributed by atoms with Gasteiger partial charge in [0, 0.05) is 44.4 Å². The normalized spacial score (nSPS) is 14.0. The van der Waals surface area contributed by atoms with E-state index in [9.17, 15) is 4.79 Å². The number of hydrogen-bond acceptors (Lipinski definition) is 9. The maximum Gasteiger partial charge on any atom is 0.370 e. The number of nitrogens with zero attached hydrogens (tertiary/aromatic N) is 9. The second-order valence-corrected chi connectivity index (χ2v) is 18.6. The van der Waals surface area contributed by atoms with Gasteiger partial charge < -0.3 is 14.4 Å². The lowest BCUT2D eigenvalue weighted by Gasteiger charge is -2.28. The summed E-state index contributed by atoms with van der Waals surface area (Å²) in [5, 5.41) is 14.0. The van der Waals surface area contributed by atoms with E-state index in [0.717, 1.165) is 70.4 Å². The lowest BCUT2D eigenvalue weighted by atomic mass is 10.1. The molecule has 0 bridgehead atoms. The Bertz CT molecular complexity index is 2060. The Labute approximate surface area is 273 Å². The van der Waals surface area contributed by atoms with Gasteiger partial charge in [0.1, 0.15) is 6.73 Å². The Morgan fingerprint density at radius 2 is 1.70 bits per heavy atom. The molecule has 0 aliphatic carbocycles. The zero-order valence-electron chi connectivity index (χ0n) is 27.0. The minimum absolute atomic E-state index is 0.0791. The summed E-state index contributed by atoms with van der Waals surface area (Å²) in [4.78, 5) is 25.5. The van der Waals surface area contributed by atoms with Crippen molar-refractivity contribution in [2.24, 2.45) is 0 Å². The number of imidazole rings is 1. The molecule has 1 aliphatic rings.